The van der Waals surface area contributed by atoms with E-state index in [1.165, 1.54) is 12.3 Å². The second kappa shape index (κ2) is 10.8. The first-order valence-electron chi connectivity index (χ1n) is 6.44. The molecule has 0 aliphatic heterocycles. The molecule has 0 saturated heterocycles. The van der Waals surface area contributed by atoms with Crippen molar-refractivity contribution in [3.8, 4) is 0 Å². The molecule has 0 aliphatic carbocycles. The van der Waals surface area contributed by atoms with Gasteiger partial charge in [-0.15, -0.1) is 24.0 Å². The van der Waals surface area contributed by atoms with E-state index in [-0.39, 0.29) is 36.3 Å². The molecule has 0 aromatic carbocycles. The fourth-order valence-electron chi connectivity index (χ4n) is 1.37. The molecule has 0 bridgehead atoms. The molecule has 1 heterocycles. The monoisotopic (exact) mass is 431 g/mol. The number of hydrogen-bond donors (Lipinski definition) is 3. The van der Waals surface area contributed by atoms with Crippen molar-refractivity contribution in [1.82, 2.24) is 15.2 Å². The molecular formula is C11H22IN5O3S. The molecule has 0 radical (unpaired) electrons. The number of aromatic nitrogens is 1. The third-order valence-corrected chi connectivity index (χ3v) is 3.70. The van der Waals surface area contributed by atoms with Gasteiger partial charge in [-0.2, -0.15) is 0 Å². The maximum atomic E-state index is 11.7. The Bertz CT molecular complexity index is 504. The van der Waals surface area contributed by atoms with Crippen LogP contribution in [0.5, 0.6) is 0 Å². The minimum Gasteiger partial charge on any atom is -0.370 e. The Morgan fingerprint density at radius 2 is 2.24 bits per heavy atom. The predicted octanol–water partition coefficient (Wildman–Crippen LogP) is 0.416. The lowest BCUT2D eigenvalue weighted by atomic mass is 10.3. The number of nitrogens with one attached hydrogen (secondary N) is 2. The summed E-state index contributed by atoms with van der Waals surface area (Å²) in [6.45, 7) is 3.35. The van der Waals surface area contributed by atoms with Gasteiger partial charge in [0, 0.05) is 25.7 Å². The van der Waals surface area contributed by atoms with Crippen molar-refractivity contribution in [2.45, 2.75) is 25.5 Å². The van der Waals surface area contributed by atoms with Crippen LogP contribution >= 0.6 is 24.0 Å². The fraction of sp³-hybridized carbons (Fsp3) is 0.636. The number of aliphatic imine (C=N–C) groups is 1. The van der Waals surface area contributed by atoms with Crippen LogP contribution in [0.25, 0.3) is 0 Å². The molecule has 0 atom stereocenters. The van der Waals surface area contributed by atoms with Gasteiger partial charge >= 0.3 is 0 Å². The number of rotatable bonds is 9. The molecule has 21 heavy (non-hydrogen) atoms. The van der Waals surface area contributed by atoms with Crippen molar-refractivity contribution < 1.29 is 12.9 Å². The summed E-state index contributed by atoms with van der Waals surface area (Å²) in [5.41, 5.74) is 5.98. The lowest BCUT2D eigenvalue weighted by Gasteiger charge is -2.07. The Hall–Kier alpha value is -0.880. The summed E-state index contributed by atoms with van der Waals surface area (Å²) in [4.78, 5) is 4.09. The van der Waals surface area contributed by atoms with E-state index in [1.807, 2.05) is 0 Å². The molecule has 0 fully saturated rings. The highest BCUT2D eigenvalue weighted by Crippen LogP contribution is 2.00. The first-order valence-corrected chi connectivity index (χ1v) is 8.09. The van der Waals surface area contributed by atoms with E-state index in [9.17, 15) is 8.42 Å². The van der Waals surface area contributed by atoms with Crippen LogP contribution in [-0.4, -0.2) is 39.2 Å². The largest absolute Gasteiger partial charge is 0.370 e. The molecule has 4 N–H and O–H groups in total. The Morgan fingerprint density at radius 1 is 1.48 bits per heavy atom. The van der Waals surface area contributed by atoms with Crippen LogP contribution < -0.4 is 15.8 Å². The maximum absolute atomic E-state index is 11.7. The summed E-state index contributed by atoms with van der Waals surface area (Å²) in [7, 11) is -3.42. The van der Waals surface area contributed by atoms with E-state index in [1.54, 1.807) is 0 Å². The highest BCUT2D eigenvalue weighted by Gasteiger charge is 2.12. The Labute approximate surface area is 142 Å². The molecular weight excluding hydrogens is 409 g/mol. The number of unbranched alkanes of at least 4 members (excludes halogenated alkanes) is 1. The minimum absolute atomic E-state index is 0. The van der Waals surface area contributed by atoms with Gasteiger partial charge in [0.25, 0.3) is 0 Å². The Kier molecular flexibility index (Phi) is 10.3. The zero-order valence-corrected chi connectivity index (χ0v) is 15.1. The van der Waals surface area contributed by atoms with Crippen molar-refractivity contribution in [1.29, 1.82) is 0 Å². The van der Waals surface area contributed by atoms with E-state index in [4.69, 9.17) is 5.73 Å². The number of nitrogens with zero attached hydrogens (tertiary/aromatic N) is 2. The molecule has 122 valence electrons. The van der Waals surface area contributed by atoms with E-state index < -0.39 is 10.0 Å². The quantitative estimate of drug-likeness (QED) is 0.225. The SMILES string of the molecule is CCCCN=C(N)NCCNS(=O)(=O)Cc1ccon1.I. The molecule has 0 aliphatic rings. The first kappa shape index (κ1) is 20.1. The average molecular weight is 431 g/mol. The summed E-state index contributed by atoms with van der Waals surface area (Å²) in [5.74, 6) is 0.123. The topological polar surface area (TPSA) is 123 Å². The highest BCUT2D eigenvalue weighted by molar-refractivity contribution is 14.0. The molecule has 1 rings (SSSR count). The van der Waals surface area contributed by atoms with Crippen molar-refractivity contribution in [2.75, 3.05) is 19.6 Å². The van der Waals surface area contributed by atoms with Crippen LogP contribution in [0, 0.1) is 0 Å². The van der Waals surface area contributed by atoms with Crippen LogP contribution in [0.2, 0.25) is 0 Å². The summed E-state index contributed by atoms with van der Waals surface area (Å²) in [6.07, 6.45) is 3.37. The van der Waals surface area contributed by atoms with Crippen LogP contribution in [0.1, 0.15) is 25.5 Å². The van der Waals surface area contributed by atoms with Gasteiger partial charge in [-0.1, -0.05) is 18.5 Å². The van der Waals surface area contributed by atoms with Crippen molar-refractivity contribution >= 4 is 40.0 Å². The lowest BCUT2D eigenvalue weighted by Crippen LogP contribution is -2.38. The normalized spacial score (nSPS) is 12.0. The molecule has 8 nitrogen and oxygen atoms in total. The Morgan fingerprint density at radius 3 is 2.86 bits per heavy atom. The van der Waals surface area contributed by atoms with Gasteiger partial charge in [-0.05, 0) is 6.42 Å². The zero-order valence-electron chi connectivity index (χ0n) is 11.9. The molecule has 1 aromatic heterocycles. The second-order valence-electron chi connectivity index (χ2n) is 4.19. The molecule has 0 unspecified atom stereocenters. The predicted molar refractivity (Wildman–Crippen MR) is 91.9 cm³/mol. The van der Waals surface area contributed by atoms with Crippen LogP contribution in [0.4, 0.5) is 0 Å². The number of nitrogens with two attached hydrogens (primary N) is 1. The van der Waals surface area contributed by atoms with E-state index in [0.717, 1.165) is 12.8 Å². The Balaban J connectivity index is 0.00000400. The first-order chi connectivity index (χ1) is 9.53. The van der Waals surface area contributed by atoms with Gasteiger partial charge in [0.15, 0.2) is 5.96 Å². The smallest absolute Gasteiger partial charge is 0.217 e. The summed E-state index contributed by atoms with van der Waals surface area (Å²) < 4.78 is 30.4. The fourth-order valence-corrected chi connectivity index (χ4v) is 2.42. The van der Waals surface area contributed by atoms with Gasteiger partial charge in [-0.25, -0.2) is 13.1 Å². The summed E-state index contributed by atoms with van der Waals surface area (Å²) in [6, 6.07) is 1.51. The van der Waals surface area contributed by atoms with Crippen LogP contribution in [0.15, 0.2) is 21.8 Å². The molecule has 0 spiro atoms. The minimum atomic E-state index is -3.42. The molecule has 0 amide bonds. The molecule has 10 heteroatoms. The maximum Gasteiger partial charge on any atom is 0.217 e. The number of halogens is 1. The van der Waals surface area contributed by atoms with E-state index in [2.05, 4.69) is 31.6 Å². The number of hydrogen-bond acceptors (Lipinski definition) is 5. The van der Waals surface area contributed by atoms with Crippen molar-refractivity contribution in [3.05, 3.63) is 18.0 Å². The van der Waals surface area contributed by atoms with Crippen molar-refractivity contribution in [2.24, 2.45) is 10.7 Å². The van der Waals surface area contributed by atoms with Crippen molar-refractivity contribution in [3.63, 3.8) is 0 Å². The highest BCUT2D eigenvalue weighted by atomic mass is 127. The van der Waals surface area contributed by atoms with Gasteiger partial charge in [0.05, 0.1) is 5.69 Å². The molecule has 0 saturated carbocycles. The summed E-state index contributed by atoms with van der Waals surface area (Å²) in [5, 5.41) is 6.39. The van der Waals surface area contributed by atoms with Gasteiger partial charge in [-0.3, -0.25) is 4.99 Å². The third-order valence-electron chi connectivity index (χ3n) is 2.38. The second-order valence-corrected chi connectivity index (χ2v) is 6.00. The van der Waals surface area contributed by atoms with Crippen LogP contribution in [-0.2, 0) is 15.8 Å². The third kappa shape index (κ3) is 9.63. The van der Waals surface area contributed by atoms with Crippen LogP contribution in [0.3, 0.4) is 0 Å². The van der Waals surface area contributed by atoms with Gasteiger partial charge in [0.1, 0.15) is 12.0 Å². The van der Waals surface area contributed by atoms with Gasteiger partial charge < -0.3 is 15.6 Å². The molecule has 1 aromatic rings. The lowest BCUT2D eigenvalue weighted by molar-refractivity contribution is 0.413. The summed E-state index contributed by atoms with van der Waals surface area (Å²) >= 11 is 0. The number of sulfonamides is 1. The van der Waals surface area contributed by atoms with Gasteiger partial charge in [0.2, 0.25) is 10.0 Å². The van der Waals surface area contributed by atoms with E-state index >= 15 is 0 Å². The zero-order chi connectivity index (χ0) is 14.8. The number of guanidine groups is 1. The van der Waals surface area contributed by atoms with E-state index in [0.29, 0.717) is 24.7 Å². The standard InChI is InChI=1S/C11H21N5O3S.HI/c1-2-3-5-13-11(12)14-6-7-15-20(17,18)9-10-4-8-19-16-10;/h4,8,15H,2-3,5-7,9H2,1H3,(H3,12,13,14);1H. The average Bonchev–Trinajstić information content (AvgIpc) is 2.87.